The fraction of sp³-hybridized carbons (Fsp3) is 0.480. The zero-order valence-corrected chi connectivity index (χ0v) is 21.3. The van der Waals surface area contributed by atoms with E-state index in [9.17, 15) is 14.4 Å². The Morgan fingerprint density at radius 1 is 1.20 bits per heavy atom. The van der Waals surface area contributed by atoms with Crippen LogP contribution in [-0.4, -0.2) is 56.2 Å². The lowest BCUT2D eigenvalue weighted by molar-refractivity contribution is -0.148. The van der Waals surface area contributed by atoms with Gasteiger partial charge in [0, 0.05) is 25.3 Å². The Balaban J connectivity index is 1.51. The second-order valence-electron chi connectivity index (χ2n) is 9.09. The second-order valence-corrected chi connectivity index (χ2v) is 10.8. The molecule has 0 N–H and O–H groups in total. The number of carbonyl (C=O) groups is 2. The van der Waals surface area contributed by atoms with E-state index < -0.39 is 0 Å². The normalized spacial score (nSPS) is 21.0. The molecule has 0 atom stereocenters. The molecule has 0 aromatic carbocycles. The van der Waals surface area contributed by atoms with Gasteiger partial charge in [-0.2, -0.15) is 0 Å². The van der Waals surface area contributed by atoms with Crippen molar-refractivity contribution in [1.82, 2.24) is 14.3 Å². The summed E-state index contributed by atoms with van der Waals surface area (Å²) in [5, 5.41) is 0. The number of fused-ring (bicyclic) bond motifs is 1. The number of ether oxygens (including phenoxy) is 1. The fourth-order valence-electron chi connectivity index (χ4n) is 5.13. The summed E-state index contributed by atoms with van der Waals surface area (Å²) in [6.07, 6.45) is 8.71. The average Bonchev–Trinajstić information content (AvgIpc) is 3.48. The number of piperidine rings is 1. The first-order valence-electron chi connectivity index (χ1n) is 12.2. The first kappa shape index (κ1) is 24.0. The number of nitrogens with zero attached hydrogens (tertiary/aromatic N) is 4. The molecule has 2 aliphatic heterocycles. The predicted octanol–water partition coefficient (Wildman–Crippen LogP) is 3.62. The summed E-state index contributed by atoms with van der Waals surface area (Å²) in [6.45, 7) is 3.32. The van der Waals surface area contributed by atoms with Gasteiger partial charge in [0.15, 0.2) is 0 Å². The predicted molar refractivity (Wildman–Crippen MR) is 140 cm³/mol. The quantitative estimate of drug-likeness (QED) is 0.341. The van der Waals surface area contributed by atoms with Crippen LogP contribution < -0.4 is 10.5 Å². The Morgan fingerprint density at radius 3 is 2.66 bits per heavy atom. The smallest absolute Gasteiger partial charge is 0.309 e. The number of pyridine rings is 1. The zero-order valence-electron chi connectivity index (χ0n) is 19.6. The molecule has 5 rings (SSSR count). The van der Waals surface area contributed by atoms with Crippen molar-refractivity contribution >= 4 is 57.7 Å². The molecule has 0 unspecified atom stereocenters. The molecule has 0 bridgehead atoms. The van der Waals surface area contributed by atoms with E-state index in [0.717, 1.165) is 25.7 Å². The van der Waals surface area contributed by atoms with Gasteiger partial charge in [-0.25, -0.2) is 4.98 Å². The third-order valence-corrected chi connectivity index (χ3v) is 8.28. The topological polar surface area (TPSA) is 84.2 Å². The van der Waals surface area contributed by atoms with Gasteiger partial charge in [-0.1, -0.05) is 42.9 Å². The minimum Gasteiger partial charge on any atom is -0.466 e. The van der Waals surface area contributed by atoms with Crippen molar-refractivity contribution in [2.45, 2.75) is 51.5 Å². The number of hydrogen-bond acceptors (Lipinski definition) is 8. The van der Waals surface area contributed by atoms with Crippen LogP contribution in [0.2, 0.25) is 0 Å². The van der Waals surface area contributed by atoms with Crippen LogP contribution in [0.5, 0.6) is 0 Å². The Hall–Kier alpha value is -2.72. The lowest BCUT2D eigenvalue weighted by Crippen LogP contribution is -2.39. The minimum absolute atomic E-state index is 0.128. The Bertz CT molecular complexity index is 1260. The van der Waals surface area contributed by atoms with Crippen molar-refractivity contribution in [3.05, 3.63) is 45.2 Å². The zero-order chi connectivity index (χ0) is 24.5. The number of carbonyl (C=O) groups excluding carboxylic acids is 2. The number of aromatic nitrogens is 2. The van der Waals surface area contributed by atoms with Crippen molar-refractivity contribution in [3.8, 4) is 0 Å². The summed E-state index contributed by atoms with van der Waals surface area (Å²) in [4.78, 5) is 48.1. The fourth-order valence-corrected chi connectivity index (χ4v) is 6.52. The Morgan fingerprint density at radius 2 is 1.94 bits per heavy atom. The number of rotatable bonds is 5. The monoisotopic (exact) mass is 512 g/mol. The van der Waals surface area contributed by atoms with Crippen molar-refractivity contribution in [2.75, 3.05) is 24.6 Å². The van der Waals surface area contributed by atoms with Crippen molar-refractivity contribution < 1.29 is 14.3 Å². The van der Waals surface area contributed by atoms with Gasteiger partial charge >= 0.3 is 5.97 Å². The van der Waals surface area contributed by atoms with Crippen LogP contribution in [0.1, 0.15) is 51.0 Å². The number of anilines is 1. The molecule has 2 saturated heterocycles. The van der Waals surface area contributed by atoms with Crippen LogP contribution in [0.3, 0.4) is 0 Å². The van der Waals surface area contributed by atoms with E-state index in [1.807, 2.05) is 11.0 Å². The first-order chi connectivity index (χ1) is 17.0. The van der Waals surface area contributed by atoms with Crippen molar-refractivity contribution in [2.24, 2.45) is 5.92 Å². The number of thioether (sulfide) groups is 1. The molecule has 35 heavy (non-hydrogen) atoms. The molecule has 3 fully saturated rings. The van der Waals surface area contributed by atoms with Gasteiger partial charge in [0.1, 0.15) is 15.8 Å². The van der Waals surface area contributed by atoms with Crippen molar-refractivity contribution in [1.29, 1.82) is 0 Å². The van der Waals surface area contributed by atoms with Crippen molar-refractivity contribution in [3.63, 3.8) is 0 Å². The second kappa shape index (κ2) is 10.1. The van der Waals surface area contributed by atoms with Crippen LogP contribution in [0.15, 0.2) is 34.1 Å². The highest BCUT2D eigenvalue weighted by atomic mass is 32.2. The number of amides is 1. The van der Waals surface area contributed by atoms with E-state index >= 15 is 0 Å². The molecule has 0 spiro atoms. The van der Waals surface area contributed by atoms with Gasteiger partial charge < -0.3 is 9.64 Å². The van der Waals surface area contributed by atoms with Gasteiger partial charge in [-0.15, -0.1) is 0 Å². The van der Waals surface area contributed by atoms with Crippen LogP contribution in [0.4, 0.5) is 5.82 Å². The molecule has 8 nitrogen and oxygen atoms in total. The lowest BCUT2D eigenvalue weighted by Gasteiger charge is -2.32. The number of esters is 1. The molecule has 0 radical (unpaired) electrons. The Labute approximate surface area is 213 Å². The van der Waals surface area contributed by atoms with Gasteiger partial charge in [-0.3, -0.25) is 23.7 Å². The highest BCUT2D eigenvalue weighted by molar-refractivity contribution is 8.26. The van der Waals surface area contributed by atoms with Crippen LogP contribution in [0, 0.1) is 5.92 Å². The van der Waals surface area contributed by atoms with E-state index in [1.165, 1.54) is 16.2 Å². The third-order valence-electron chi connectivity index (χ3n) is 6.95. The van der Waals surface area contributed by atoms with Gasteiger partial charge in [0.25, 0.3) is 11.5 Å². The first-order valence-corrected chi connectivity index (χ1v) is 13.4. The van der Waals surface area contributed by atoms with Crippen LogP contribution >= 0.6 is 24.0 Å². The van der Waals surface area contributed by atoms with Gasteiger partial charge in [0.2, 0.25) is 0 Å². The molecule has 2 aromatic heterocycles. The maximum absolute atomic E-state index is 13.6. The highest BCUT2D eigenvalue weighted by Gasteiger charge is 2.38. The largest absolute Gasteiger partial charge is 0.466 e. The van der Waals surface area contributed by atoms with E-state index in [2.05, 4.69) is 0 Å². The summed E-state index contributed by atoms with van der Waals surface area (Å²) < 4.78 is 7.25. The molecule has 2 aromatic rings. The molecule has 1 aliphatic carbocycles. The Kier molecular flexibility index (Phi) is 6.93. The minimum atomic E-state index is -0.232. The lowest BCUT2D eigenvalue weighted by atomic mass is 9.96. The van der Waals surface area contributed by atoms with Crippen LogP contribution in [-0.2, 0) is 14.3 Å². The number of hydrogen-bond donors (Lipinski definition) is 0. The summed E-state index contributed by atoms with van der Waals surface area (Å²) >= 11 is 6.80. The van der Waals surface area contributed by atoms with E-state index in [1.54, 1.807) is 36.2 Å². The van der Waals surface area contributed by atoms with E-state index in [0.29, 0.717) is 58.8 Å². The highest BCUT2D eigenvalue weighted by Crippen LogP contribution is 2.38. The molecular weight excluding hydrogens is 484 g/mol. The van der Waals surface area contributed by atoms with Gasteiger partial charge in [-0.05, 0) is 50.8 Å². The maximum atomic E-state index is 13.6. The molecule has 184 valence electrons. The average molecular weight is 513 g/mol. The third kappa shape index (κ3) is 4.61. The molecule has 4 heterocycles. The van der Waals surface area contributed by atoms with Gasteiger partial charge in [0.05, 0.1) is 23.0 Å². The molecule has 1 saturated carbocycles. The van der Waals surface area contributed by atoms with E-state index in [-0.39, 0.29) is 29.4 Å². The molecule has 3 aliphatic rings. The van der Waals surface area contributed by atoms with Crippen LogP contribution in [0.25, 0.3) is 11.7 Å². The SMILES string of the molecule is CCOC(=O)C1CCN(c2nc3ccccn3c(=O)c2/C=C2\SC(=S)N(C3CCCC3)C2=O)CC1. The molecule has 1 amide bonds. The summed E-state index contributed by atoms with van der Waals surface area (Å²) in [7, 11) is 0. The molecule has 10 heteroatoms. The summed E-state index contributed by atoms with van der Waals surface area (Å²) in [5.74, 6) is 0.0828. The number of thiocarbonyl (C=S) groups is 1. The summed E-state index contributed by atoms with van der Waals surface area (Å²) in [5.41, 5.74) is 0.676. The van der Waals surface area contributed by atoms with E-state index in [4.69, 9.17) is 21.9 Å². The maximum Gasteiger partial charge on any atom is 0.309 e. The standard InChI is InChI=1S/C25H28N4O4S2/c1-2-33-24(32)16-10-13-27(14-11-16)21-18(22(30)28-12-6-5-9-20(28)26-21)15-19-23(31)29(25(34)35-19)17-7-3-4-8-17/h5-6,9,12,15-17H,2-4,7-8,10-11,13-14H2,1H3/b19-15-. The molecular formula is C25H28N4O4S2. The summed E-state index contributed by atoms with van der Waals surface area (Å²) in [6, 6.07) is 5.56.